The van der Waals surface area contributed by atoms with Crippen molar-refractivity contribution in [2.24, 2.45) is 0 Å². The summed E-state index contributed by atoms with van der Waals surface area (Å²) in [6.45, 7) is 3.24. The van der Waals surface area contributed by atoms with Gasteiger partial charge in [-0.05, 0) is 56.0 Å². The van der Waals surface area contributed by atoms with Gasteiger partial charge in [-0.1, -0.05) is 43.5 Å². The molecule has 1 aliphatic carbocycles. The summed E-state index contributed by atoms with van der Waals surface area (Å²) in [4.78, 5) is 41.5. The molecule has 1 aliphatic heterocycles. The summed E-state index contributed by atoms with van der Waals surface area (Å²) in [6.07, 6.45) is 4.74. The average Bonchev–Trinajstić information content (AvgIpc) is 2.98. The fraction of sp³-hybridized carbons (Fsp3) is 0.500. The number of methoxy groups -OCH3 is 1. The van der Waals surface area contributed by atoms with Crippen LogP contribution in [0.5, 0.6) is 11.5 Å². The van der Waals surface area contributed by atoms with Gasteiger partial charge in [0.1, 0.15) is 12.6 Å². The molecular formula is C30H38N2O7. The Labute approximate surface area is 229 Å². The Balaban J connectivity index is 1.64. The van der Waals surface area contributed by atoms with Crippen molar-refractivity contribution in [2.75, 3.05) is 33.5 Å². The van der Waals surface area contributed by atoms with Crippen LogP contribution in [0.2, 0.25) is 0 Å². The Morgan fingerprint density at radius 1 is 1.03 bits per heavy atom. The average molecular weight is 539 g/mol. The molecule has 1 saturated carbocycles. The molecule has 1 N–H and O–H groups in total. The van der Waals surface area contributed by atoms with Crippen molar-refractivity contribution in [3.8, 4) is 11.5 Å². The molecule has 4 rings (SSSR count). The third kappa shape index (κ3) is 7.29. The highest BCUT2D eigenvalue weighted by Crippen LogP contribution is 2.33. The topological polar surface area (TPSA) is 103 Å². The molecule has 0 spiro atoms. The molecule has 2 atom stereocenters. The molecular weight excluding hydrogens is 500 g/mol. The van der Waals surface area contributed by atoms with Crippen LogP contribution in [0.25, 0.3) is 0 Å². The number of benzene rings is 2. The smallest absolute Gasteiger partial charge is 0.337 e. The summed E-state index contributed by atoms with van der Waals surface area (Å²) in [7, 11) is 1.32. The summed E-state index contributed by atoms with van der Waals surface area (Å²) in [5, 5.41) is 3.19. The maximum atomic E-state index is 14.0. The number of carbonyl (C=O) groups excluding carboxylic acids is 3. The Hall–Kier alpha value is -3.59. The van der Waals surface area contributed by atoms with E-state index in [1.54, 1.807) is 41.3 Å². The second kappa shape index (κ2) is 14.0. The van der Waals surface area contributed by atoms with E-state index in [1.165, 1.54) is 7.11 Å². The normalized spacial score (nSPS) is 17.6. The maximum absolute atomic E-state index is 14.0. The first kappa shape index (κ1) is 28.4. The summed E-state index contributed by atoms with van der Waals surface area (Å²) in [6, 6.07) is 13.0. The summed E-state index contributed by atoms with van der Waals surface area (Å²) in [5.41, 5.74) is 0.959. The predicted octanol–water partition coefficient (Wildman–Crippen LogP) is 4.06. The van der Waals surface area contributed by atoms with Gasteiger partial charge in [-0.3, -0.25) is 9.59 Å². The van der Waals surface area contributed by atoms with E-state index in [0.717, 1.165) is 32.1 Å². The molecule has 9 nitrogen and oxygen atoms in total. The lowest BCUT2D eigenvalue weighted by Gasteiger charge is -2.36. The molecule has 0 saturated heterocycles. The van der Waals surface area contributed by atoms with Crippen molar-refractivity contribution in [3.05, 3.63) is 59.7 Å². The highest BCUT2D eigenvalue weighted by molar-refractivity contribution is 5.92. The molecule has 1 heterocycles. The van der Waals surface area contributed by atoms with Gasteiger partial charge in [-0.15, -0.1) is 0 Å². The standard InChI is InChI=1S/C30H38N2O7/c1-3-37-19-9-18-32(29(34)26-20-38-24-12-7-8-13-25(24)39-26)27(28(33)31-23-10-5-4-6-11-23)21-14-16-22(17-15-21)30(35)36-2/h7-8,12-17,23,26-27H,3-6,9-11,18-20H2,1-2H3,(H,31,33)/t26-,27+/m1/s1. The Morgan fingerprint density at radius 3 is 2.44 bits per heavy atom. The van der Waals surface area contributed by atoms with Gasteiger partial charge in [-0.25, -0.2) is 4.79 Å². The van der Waals surface area contributed by atoms with E-state index in [2.05, 4.69) is 5.32 Å². The van der Waals surface area contributed by atoms with Crippen LogP contribution in [0.15, 0.2) is 48.5 Å². The molecule has 2 aliphatic rings. The summed E-state index contributed by atoms with van der Waals surface area (Å²) >= 11 is 0. The quantitative estimate of drug-likeness (QED) is 0.340. The minimum atomic E-state index is -0.923. The van der Waals surface area contributed by atoms with E-state index in [1.807, 2.05) is 19.1 Å². The van der Waals surface area contributed by atoms with E-state index in [4.69, 9.17) is 18.9 Å². The molecule has 0 bridgehead atoms. The number of amides is 2. The molecule has 39 heavy (non-hydrogen) atoms. The molecule has 0 aromatic heterocycles. The maximum Gasteiger partial charge on any atom is 0.337 e. The third-order valence-corrected chi connectivity index (χ3v) is 7.12. The van der Waals surface area contributed by atoms with Crippen molar-refractivity contribution in [3.63, 3.8) is 0 Å². The highest BCUT2D eigenvalue weighted by Gasteiger charge is 2.38. The van der Waals surface area contributed by atoms with Crippen molar-refractivity contribution in [1.82, 2.24) is 10.2 Å². The number of hydrogen-bond acceptors (Lipinski definition) is 7. The SMILES string of the molecule is CCOCCCN(C(=O)[C@H]1COc2ccccc2O1)[C@H](C(=O)NC1CCCCC1)c1ccc(C(=O)OC)cc1. The first-order valence-corrected chi connectivity index (χ1v) is 13.8. The number of rotatable bonds is 11. The van der Waals surface area contributed by atoms with Crippen molar-refractivity contribution < 1.29 is 33.3 Å². The van der Waals surface area contributed by atoms with E-state index < -0.39 is 18.1 Å². The Bertz CT molecular complexity index is 1110. The lowest BCUT2D eigenvalue weighted by atomic mass is 9.94. The van der Waals surface area contributed by atoms with Crippen LogP contribution in [-0.2, 0) is 19.1 Å². The van der Waals surface area contributed by atoms with Gasteiger partial charge in [0.25, 0.3) is 5.91 Å². The highest BCUT2D eigenvalue weighted by atomic mass is 16.6. The molecule has 2 aromatic carbocycles. The molecule has 0 unspecified atom stereocenters. The van der Waals surface area contributed by atoms with Crippen molar-refractivity contribution in [1.29, 1.82) is 0 Å². The van der Waals surface area contributed by atoms with Crippen LogP contribution in [0, 0.1) is 0 Å². The molecule has 9 heteroatoms. The summed E-state index contributed by atoms with van der Waals surface area (Å²) < 4.78 is 22.2. The van der Waals surface area contributed by atoms with Crippen LogP contribution in [0.1, 0.15) is 67.4 Å². The number of hydrogen-bond donors (Lipinski definition) is 1. The molecule has 2 aromatic rings. The van der Waals surface area contributed by atoms with Gasteiger partial charge in [0.05, 0.1) is 12.7 Å². The Kier molecular flexibility index (Phi) is 10.2. The Morgan fingerprint density at radius 2 is 1.74 bits per heavy atom. The van der Waals surface area contributed by atoms with Crippen molar-refractivity contribution >= 4 is 17.8 Å². The van der Waals surface area contributed by atoms with E-state index in [9.17, 15) is 14.4 Å². The zero-order chi connectivity index (χ0) is 27.6. The minimum Gasteiger partial charge on any atom is -0.485 e. The van der Waals surface area contributed by atoms with E-state index in [-0.39, 0.29) is 31.0 Å². The first-order valence-electron chi connectivity index (χ1n) is 13.8. The number of nitrogens with one attached hydrogen (secondary N) is 1. The van der Waals surface area contributed by atoms with Gasteiger partial charge in [0.15, 0.2) is 11.5 Å². The zero-order valence-corrected chi connectivity index (χ0v) is 22.7. The van der Waals surface area contributed by atoms with Crippen LogP contribution in [0.4, 0.5) is 0 Å². The van der Waals surface area contributed by atoms with E-state index in [0.29, 0.717) is 42.3 Å². The van der Waals surface area contributed by atoms with Gasteiger partial charge >= 0.3 is 5.97 Å². The fourth-order valence-electron chi connectivity index (χ4n) is 5.09. The van der Waals surface area contributed by atoms with Crippen LogP contribution in [0.3, 0.4) is 0 Å². The van der Waals surface area contributed by atoms with Crippen molar-refractivity contribution in [2.45, 2.75) is 63.6 Å². The minimum absolute atomic E-state index is 0.0377. The lowest BCUT2D eigenvalue weighted by molar-refractivity contribution is -0.149. The second-order valence-electron chi connectivity index (χ2n) is 9.81. The first-order chi connectivity index (χ1) is 19.0. The number of esters is 1. The van der Waals surface area contributed by atoms with E-state index >= 15 is 0 Å². The lowest BCUT2D eigenvalue weighted by Crippen LogP contribution is -2.52. The van der Waals surface area contributed by atoms with Gasteiger partial charge in [0.2, 0.25) is 12.0 Å². The number of para-hydroxylation sites is 2. The number of ether oxygens (including phenoxy) is 4. The number of nitrogens with zero attached hydrogens (tertiary/aromatic N) is 1. The summed E-state index contributed by atoms with van der Waals surface area (Å²) in [5.74, 6) is -0.00582. The third-order valence-electron chi connectivity index (χ3n) is 7.12. The molecule has 2 amide bonds. The van der Waals surface area contributed by atoms with Crippen LogP contribution < -0.4 is 14.8 Å². The molecule has 0 radical (unpaired) electrons. The predicted molar refractivity (Wildman–Crippen MR) is 145 cm³/mol. The monoisotopic (exact) mass is 538 g/mol. The molecule has 1 fully saturated rings. The van der Waals surface area contributed by atoms with Crippen LogP contribution >= 0.6 is 0 Å². The molecule has 210 valence electrons. The largest absolute Gasteiger partial charge is 0.485 e. The zero-order valence-electron chi connectivity index (χ0n) is 22.7. The van der Waals surface area contributed by atoms with Gasteiger partial charge < -0.3 is 29.2 Å². The van der Waals surface area contributed by atoms with Gasteiger partial charge in [0, 0.05) is 25.8 Å². The number of fused-ring (bicyclic) bond motifs is 1. The second-order valence-corrected chi connectivity index (χ2v) is 9.81. The number of carbonyl (C=O) groups is 3. The van der Waals surface area contributed by atoms with Gasteiger partial charge in [-0.2, -0.15) is 0 Å². The van der Waals surface area contributed by atoms with Crippen LogP contribution in [-0.4, -0.2) is 68.3 Å². The fourth-order valence-corrected chi connectivity index (χ4v) is 5.09.